The number of benzene rings is 3. The predicted molar refractivity (Wildman–Crippen MR) is 120 cm³/mol. The summed E-state index contributed by atoms with van der Waals surface area (Å²) in [5.41, 5.74) is 2.42. The van der Waals surface area contributed by atoms with Crippen LogP contribution in [-0.4, -0.2) is 29.2 Å². The first-order chi connectivity index (χ1) is 15.4. The number of nitrogens with zero attached hydrogens (tertiary/aromatic N) is 2. The maximum atomic E-state index is 13.7. The molecular formula is C24H18Cl2F2N2O2. The summed E-state index contributed by atoms with van der Waals surface area (Å²) >= 11 is 12.1. The second-order valence-electron chi connectivity index (χ2n) is 7.42. The summed E-state index contributed by atoms with van der Waals surface area (Å²) in [5, 5.41) is 5.00. The molecule has 0 fully saturated rings. The van der Waals surface area contributed by atoms with Gasteiger partial charge >= 0.3 is 0 Å². The number of carbonyl (C=O) groups excluding carboxylic acids is 1. The van der Waals surface area contributed by atoms with Gasteiger partial charge in [-0.2, -0.15) is 0 Å². The van der Waals surface area contributed by atoms with Gasteiger partial charge in [0.15, 0.2) is 6.10 Å². The highest BCUT2D eigenvalue weighted by Gasteiger charge is 2.28. The van der Waals surface area contributed by atoms with E-state index < -0.39 is 11.9 Å². The monoisotopic (exact) mass is 474 g/mol. The van der Waals surface area contributed by atoms with E-state index in [1.165, 1.54) is 30.3 Å². The van der Waals surface area contributed by atoms with Crippen LogP contribution in [0.25, 0.3) is 0 Å². The Morgan fingerprint density at radius 1 is 1.00 bits per heavy atom. The first kappa shape index (κ1) is 22.2. The number of halogens is 4. The fraction of sp³-hybridized carbons (Fsp3) is 0.167. The SMILES string of the molecule is O=C(c1cccc(F)c1)N(Cc1ccc(F)cc1)C[C@H]1CC(c2ccc(Cl)c(Cl)c2)=NO1. The van der Waals surface area contributed by atoms with Gasteiger partial charge in [-0.3, -0.25) is 4.79 Å². The Morgan fingerprint density at radius 2 is 1.78 bits per heavy atom. The van der Waals surface area contributed by atoms with E-state index in [4.69, 9.17) is 28.0 Å². The van der Waals surface area contributed by atoms with E-state index in [1.807, 2.05) is 0 Å². The molecule has 3 aromatic rings. The molecule has 0 bridgehead atoms. The van der Waals surface area contributed by atoms with Crippen molar-refractivity contribution in [3.8, 4) is 0 Å². The van der Waals surface area contributed by atoms with Gasteiger partial charge in [-0.25, -0.2) is 8.78 Å². The second-order valence-corrected chi connectivity index (χ2v) is 8.24. The molecule has 0 saturated carbocycles. The molecule has 0 unspecified atom stereocenters. The van der Waals surface area contributed by atoms with Crippen LogP contribution in [0.15, 0.2) is 71.9 Å². The summed E-state index contributed by atoms with van der Waals surface area (Å²) in [6.07, 6.45) is 0.0475. The lowest BCUT2D eigenvalue weighted by atomic mass is 10.0. The molecule has 4 nitrogen and oxygen atoms in total. The Bertz CT molecular complexity index is 1170. The Hall–Kier alpha value is -2.96. The van der Waals surface area contributed by atoms with E-state index >= 15 is 0 Å². The molecule has 0 N–H and O–H groups in total. The van der Waals surface area contributed by atoms with Crippen molar-refractivity contribution in [1.29, 1.82) is 0 Å². The van der Waals surface area contributed by atoms with E-state index in [0.29, 0.717) is 22.2 Å². The lowest BCUT2D eigenvalue weighted by Gasteiger charge is -2.25. The van der Waals surface area contributed by atoms with Crippen molar-refractivity contribution >= 4 is 34.8 Å². The largest absolute Gasteiger partial charge is 0.390 e. The van der Waals surface area contributed by atoms with E-state index in [0.717, 1.165) is 11.1 Å². The minimum Gasteiger partial charge on any atom is -0.390 e. The van der Waals surface area contributed by atoms with Crippen LogP contribution in [0.4, 0.5) is 8.78 Å². The van der Waals surface area contributed by atoms with Gasteiger partial charge in [0.25, 0.3) is 5.91 Å². The first-order valence-corrected chi connectivity index (χ1v) is 10.6. The molecular weight excluding hydrogens is 457 g/mol. The second kappa shape index (κ2) is 9.67. The normalized spacial score (nSPS) is 15.2. The molecule has 1 aliphatic heterocycles. The average Bonchev–Trinajstić information content (AvgIpc) is 3.25. The van der Waals surface area contributed by atoms with Crippen molar-refractivity contribution < 1.29 is 18.4 Å². The van der Waals surface area contributed by atoms with Crippen LogP contribution < -0.4 is 0 Å². The summed E-state index contributed by atoms with van der Waals surface area (Å²) in [6, 6.07) is 16.6. The molecule has 0 saturated heterocycles. The molecule has 32 heavy (non-hydrogen) atoms. The molecule has 0 aliphatic carbocycles. The van der Waals surface area contributed by atoms with E-state index in [-0.39, 0.29) is 30.4 Å². The standard InChI is InChI=1S/C24H18Cl2F2N2O2/c25-21-9-6-16(11-22(21)26)23-12-20(32-29-23)14-30(13-15-4-7-18(27)8-5-15)24(31)17-2-1-3-19(28)10-17/h1-11,20H,12-14H2/t20-/m1/s1. The maximum absolute atomic E-state index is 13.7. The summed E-state index contributed by atoms with van der Waals surface area (Å²) in [5.74, 6) is -1.23. The van der Waals surface area contributed by atoms with Crippen molar-refractivity contribution in [3.05, 3.63) is 105 Å². The number of hydrogen-bond acceptors (Lipinski definition) is 3. The zero-order valence-corrected chi connectivity index (χ0v) is 18.3. The van der Waals surface area contributed by atoms with Crippen molar-refractivity contribution in [2.75, 3.05) is 6.54 Å². The van der Waals surface area contributed by atoms with Crippen LogP contribution in [-0.2, 0) is 11.4 Å². The van der Waals surface area contributed by atoms with Crippen LogP contribution in [0.3, 0.4) is 0 Å². The Labute approximate surface area is 194 Å². The average molecular weight is 475 g/mol. The van der Waals surface area contributed by atoms with Crippen molar-refractivity contribution in [2.45, 2.75) is 19.1 Å². The third-order valence-corrected chi connectivity index (χ3v) is 5.79. The van der Waals surface area contributed by atoms with E-state index in [1.54, 1.807) is 41.3 Å². The van der Waals surface area contributed by atoms with E-state index in [9.17, 15) is 13.6 Å². The van der Waals surface area contributed by atoms with Gasteiger partial charge in [0.2, 0.25) is 0 Å². The van der Waals surface area contributed by atoms with Gasteiger partial charge < -0.3 is 9.74 Å². The zero-order valence-electron chi connectivity index (χ0n) is 16.8. The molecule has 1 aliphatic rings. The topological polar surface area (TPSA) is 41.9 Å². The van der Waals surface area contributed by atoms with Crippen LogP contribution in [0.5, 0.6) is 0 Å². The number of oxime groups is 1. The van der Waals surface area contributed by atoms with Gasteiger partial charge in [0, 0.05) is 24.1 Å². The quantitative estimate of drug-likeness (QED) is 0.432. The summed E-state index contributed by atoms with van der Waals surface area (Å²) in [6.45, 7) is 0.415. The van der Waals surface area contributed by atoms with Crippen LogP contribution in [0, 0.1) is 11.6 Å². The number of hydrogen-bond donors (Lipinski definition) is 0. The fourth-order valence-corrected chi connectivity index (χ4v) is 3.75. The molecule has 3 aromatic carbocycles. The van der Waals surface area contributed by atoms with Crippen LogP contribution in [0.1, 0.15) is 27.9 Å². The smallest absolute Gasteiger partial charge is 0.254 e. The lowest BCUT2D eigenvalue weighted by molar-refractivity contribution is 0.0405. The highest BCUT2D eigenvalue weighted by atomic mass is 35.5. The van der Waals surface area contributed by atoms with Gasteiger partial charge in [0.05, 0.1) is 22.3 Å². The summed E-state index contributed by atoms with van der Waals surface area (Å²) in [7, 11) is 0. The Morgan fingerprint density at radius 3 is 2.50 bits per heavy atom. The number of carbonyl (C=O) groups is 1. The van der Waals surface area contributed by atoms with Crippen LogP contribution in [0.2, 0.25) is 10.0 Å². The highest BCUT2D eigenvalue weighted by molar-refractivity contribution is 6.42. The molecule has 8 heteroatoms. The minimum atomic E-state index is -0.500. The number of amides is 1. The third kappa shape index (κ3) is 5.26. The fourth-order valence-electron chi connectivity index (χ4n) is 3.45. The zero-order chi connectivity index (χ0) is 22.7. The highest BCUT2D eigenvalue weighted by Crippen LogP contribution is 2.26. The predicted octanol–water partition coefficient (Wildman–Crippen LogP) is 6.11. The summed E-state index contributed by atoms with van der Waals surface area (Å²) < 4.78 is 27.0. The Kier molecular flexibility index (Phi) is 6.72. The minimum absolute atomic E-state index is 0.206. The Balaban J connectivity index is 1.51. The lowest BCUT2D eigenvalue weighted by Crippen LogP contribution is -2.37. The van der Waals surface area contributed by atoms with Crippen molar-refractivity contribution in [1.82, 2.24) is 4.90 Å². The van der Waals surface area contributed by atoms with Gasteiger partial charge in [-0.15, -0.1) is 0 Å². The molecule has 0 aromatic heterocycles. The molecule has 1 atom stereocenters. The molecule has 0 radical (unpaired) electrons. The molecule has 1 amide bonds. The van der Waals surface area contributed by atoms with Gasteiger partial charge in [-0.1, -0.05) is 52.6 Å². The van der Waals surface area contributed by atoms with Gasteiger partial charge in [0.1, 0.15) is 11.6 Å². The van der Waals surface area contributed by atoms with Crippen LogP contribution >= 0.6 is 23.2 Å². The first-order valence-electron chi connectivity index (χ1n) is 9.86. The van der Waals surface area contributed by atoms with Crippen molar-refractivity contribution in [2.24, 2.45) is 5.16 Å². The third-order valence-electron chi connectivity index (χ3n) is 5.06. The molecule has 1 heterocycles. The molecule has 0 spiro atoms. The maximum Gasteiger partial charge on any atom is 0.254 e. The summed E-state index contributed by atoms with van der Waals surface area (Å²) in [4.78, 5) is 20.3. The van der Waals surface area contributed by atoms with Crippen molar-refractivity contribution in [3.63, 3.8) is 0 Å². The van der Waals surface area contributed by atoms with E-state index in [2.05, 4.69) is 5.16 Å². The van der Waals surface area contributed by atoms with Gasteiger partial charge in [-0.05, 0) is 48.0 Å². The molecule has 4 rings (SSSR count). The number of rotatable bonds is 6. The molecule has 164 valence electrons.